The predicted octanol–water partition coefficient (Wildman–Crippen LogP) is 2.69. The van der Waals surface area contributed by atoms with Crippen molar-refractivity contribution in [3.05, 3.63) is 29.8 Å². The Hall–Kier alpha value is -0.960. The maximum atomic E-state index is 10.9. The molecule has 0 amide bonds. The van der Waals surface area contributed by atoms with Crippen LogP contribution in [0.3, 0.4) is 0 Å². The minimum Gasteiger partial charge on any atom is -0.370 e. The third-order valence-corrected chi connectivity index (χ3v) is 3.33. The van der Waals surface area contributed by atoms with Gasteiger partial charge in [0.05, 0.1) is 0 Å². The quantitative estimate of drug-likeness (QED) is 0.716. The highest BCUT2D eigenvalue weighted by molar-refractivity contribution is 7.98. The molecule has 82 valence electrons. The Labute approximate surface area is 95.7 Å². The van der Waals surface area contributed by atoms with E-state index in [9.17, 15) is 4.79 Å². The van der Waals surface area contributed by atoms with Crippen molar-refractivity contribution in [3.8, 4) is 0 Å². The van der Waals surface area contributed by atoms with E-state index in [-0.39, 0.29) is 0 Å². The Balaban J connectivity index is 2.89. The third kappa shape index (κ3) is 2.99. The van der Waals surface area contributed by atoms with Crippen molar-refractivity contribution in [3.63, 3.8) is 0 Å². The molecule has 2 nitrogen and oxygen atoms in total. The van der Waals surface area contributed by atoms with Crippen LogP contribution in [-0.4, -0.2) is 31.4 Å². The first kappa shape index (κ1) is 12.1. The zero-order chi connectivity index (χ0) is 11.3. The number of hydrogen-bond acceptors (Lipinski definition) is 3. The van der Waals surface area contributed by atoms with Crippen molar-refractivity contribution in [1.29, 1.82) is 0 Å². The number of benzene rings is 1. The predicted molar refractivity (Wildman–Crippen MR) is 68.1 cm³/mol. The van der Waals surface area contributed by atoms with Gasteiger partial charge in [0.25, 0.3) is 0 Å². The lowest BCUT2D eigenvalue weighted by atomic mass is 10.1. The summed E-state index contributed by atoms with van der Waals surface area (Å²) in [6.45, 7) is 2.16. The van der Waals surface area contributed by atoms with Gasteiger partial charge >= 0.3 is 0 Å². The van der Waals surface area contributed by atoms with Crippen LogP contribution in [0.1, 0.15) is 17.3 Å². The summed E-state index contributed by atoms with van der Waals surface area (Å²) in [6.07, 6.45) is 3.01. The molecule has 1 unspecified atom stereocenters. The van der Waals surface area contributed by atoms with Crippen LogP contribution in [0.4, 0.5) is 5.69 Å². The average Bonchev–Trinajstić information content (AvgIpc) is 2.28. The van der Waals surface area contributed by atoms with E-state index in [2.05, 4.69) is 18.1 Å². The molecular weight excluding hydrogens is 206 g/mol. The van der Waals surface area contributed by atoms with E-state index < -0.39 is 0 Å². The summed E-state index contributed by atoms with van der Waals surface area (Å²) in [5.74, 6) is 1.06. The van der Waals surface area contributed by atoms with Crippen molar-refractivity contribution in [1.82, 2.24) is 0 Å². The fraction of sp³-hybridized carbons (Fsp3) is 0.417. The molecule has 1 aromatic carbocycles. The third-order valence-electron chi connectivity index (χ3n) is 2.51. The Morgan fingerprint density at radius 2 is 2.13 bits per heavy atom. The topological polar surface area (TPSA) is 20.3 Å². The highest BCUT2D eigenvalue weighted by Crippen LogP contribution is 2.20. The number of hydrogen-bond donors (Lipinski definition) is 0. The van der Waals surface area contributed by atoms with Gasteiger partial charge in [-0.25, -0.2) is 0 Å². The monoisotopic (exact) mass is 223 g/mol. The van der Waals surface area contributed by atoms with Gasteiger partial charge in [-0.05, 0) is 25.3 Å². The van der Waals surface area contributed by atoms with Crippen LogP contribution in [0.25, 0.3) is 0 Å². The van der Waals surface area contributed by atoms with Crippen LogP contribution in [0, 0.1) is 0 Å². The lowest BCUT2D eigenvalue weighted by molar-refractivity contribution is 0.112. The van der Waals surface area contributed by atoms with E-state index in [1.165, 1.54) is 0 Å². The molecule has 1 atom stereocenters. The van der Waals surface area contributed by atoms with Gasteiger partial charge in [0.2, 0.25) is 0 Å². The van der Waals surface area contributed by atoms with Crippen molar-refractivity contribution >= 4 is 23.7 Å². The molecule has 0 saturated carbocycles. The van der Waals surface area contributed by atoms with Gasteiger partial charge in [0, 0.05) is 30.1 Å². The molecule has 0 spiro atoms. The van der Waals surface area contributed by atoms with E-state index in [1.807, 2.05) is 43.1 Å². The summed E-state index contributed by atoms with van der Waals surface area (Å²) in [5.41, 5.74) is 1.77. The molecule has 0 N–H and O–H groups in total. The molecule has 0 aliphatic heterocycles. The van der Waals surface area contributed by atoms with Gasteiger partial charge in [-0.3, -0.25) is 4.79 Å². The van der Waals surface area contributed by atoms with Gasteiger partial charge < -0.3 is 4.90 Å². The molecule has 0 aliphatic carbocycles. The molecule has 0 radical (unpaired) electrons. The fourth-order valence-corrected chi connectivity index (χ4v) is 2.20. The Kier molecular flexibility index (Phi) is 4.69. The summed E-state index contributed by atoms with van der Waals surface area (Å²) >= 11 is 1.82. The van der Waals surface area contributed by atoms with Crippen LogP contribution in [0.15, 0.2) is 24.3 Å². The molecular formula is C12H17NOS. The van der Waals surface area contributed by atoms with E-state index in [0.717, 1.165) is 23.3 Å². The first-order valence-corrected chi connectivity index (χ1v) is 6.36. The number of thioether (sulfide) groups is 1. The van der Waals surface area contributed by atoms with Crippen LogP contribution in [-0.2, 0) is 0 Å². The summed E-state index contributed by atoms with van der Waals surface area (Å²) < 4.78 is 0. The number of para-hydroxylation sites is 1. The lowest BCUT2D eigenvalue weighted by Gasteiger charge is -2.27. The molecule has 3 heteroatoms. The van der Waals surface area contributed by atoms with Gasteiger partial charge in [0.1, 0.15) is 0 Å². The molecule has 1 aromatic rings. The number of anilines is 1. The van der Waals surface area contributed by atoms with E-state index >= 15 is 0 Å². The number of nitrogens with zero attached hydrogens (tertiary/aromatic N) is 1. The SMILES string of the molecule is CSCC(C)N(C)c1ccccc1C=O. The van der Waals surface area contributed by atoms with E-state index in [0.29, 0.717) is 6.04 Å². The van der Waals surface area contributed by atoms with E-state index in [1.54, 1.807) is 0 Å². The summed E-state index contributed by atoms with van der Waals surface area (Å²) in [7, 11) is 2.03. The second-order valence-electron chi connectivity index (χ2n) is 3.59. The minimum absolute atomic E-state index is 0.432. The zero-order valence-corrected chi connectivity index (χ0v) is 10.3. The van der Waals surface area contributed by atoms with Crippen molar-refractivity contribution < 1.29 is 4.79 Å². The maximum absolute atomic E-state index is 10.9. The molecule has 0 heterocycles. The summed E-state index contributed by atoms with van der Waals surface area (Å²) in [5, 5.41) is 0. The molecule has 0 aliphatic rings. The van der Waals surface area contributed by atoms with Crippen LogP contribution >= 0.6 is 11.8 Å². The van der Waals surface area contributed by atoms with Gasteiger partial charge in [-0.2, -0.15) is 11.8 Å². The number of carbonyl (C=O) groups excluding carboxylic acids is 1. The van der Waals surface area contributed by atoms with Crippen LogP contribution in [0.2, 0.25) is 0 Å². The fourth-order valence-electron chi connectivity index (χ4n) is 1.50. The smallest absolute Gasteiger partial charge is 0.152 e. The van der Waals surface area contributed by atoms with E-state index in [4.69, 9.17) is 0 Å². The van der Waals surface area contributed by atoms with Gasteiger partial charge in [-0.15, -0.1) is 0 Å². The summed E-state index contributed by atoms with van der Waals surface area (Å²) in [6, 6.07) is 8.12. The van der Waals surface area contributed by atoms with Gasteiger partial charge in [-0.1, -0.05) is 12.1 Å². The standard InChI is InChI=1S/C12H17NOS/c1-10(9-15-3)13(2)12-7-5-4-6-11(12)8-14/h4-8,10H,9H2,1-3H3. The minimum atomic E-state index is 0.432. The highest BCUT2D eigenvalue weighted by Gasteiger charge is 2.11. The Morgan fingerprint density at radius 3 is 2.73 bits per heavy atom. The molecule has 0 aromatic heterocycles. The van der Waals surface area contributed by atoms with Crippen molar-refractivity contribution in [2.45, 2.75) is 13.0 Å². The molecule has 15 heavy (non-hydrogen) atoms. The molecule has 1 rings (SSSR count). The number of rotatable bonds is 5. The lowest BCUT2D eigenvalue weighted by Crippen LogP contribution is -2.31. The maximum Gasteiger partial charge on any atom is 0.152 e. The second kappa shape index (κ2) is 5.81. The molecule has 0 saturated heterocycles. The second-order valence-corrected chi connectivity index (χ2v) is 4.50. The number of carbonyl (C=O) groups is 1. The zero-order valence-electron chi connectivity index (χ0n) is 9.43. The van der Waals surface area contributed by atoms with Crippen LogP contribution < -0.4 is 4.90 Å². The first-order chi connectivity index (χ1) is 7.20. The normalized spacial score (nSPS) is 12.2. The number of aldehydes is 1. The van der Waals surface area contributed by atoms with Gasteiger partial charge in [0.15, 0.2) is 6.29 Å². The highest BCUT2D eigenvalue weighted by atomic mass is 32.2. The molecule has 0 bridgehead atoms. The Morgan fingerprint density at radius 1 is 1.47 bits per heavy atom. The largest absolute Gasteiger partial charge is 0.370 e. The molecule has 0 fully saturated rings. The van der Waals surface area contributed by atoms with Crippen molar-refractivity contribution in [2.24, 2.45) is 0 Å². The summed E-state index contributed by atoms with van der Waals surface area (Å²) in [4.78, 5) is 13.0. The first-order valence-electron chi connectivity index (χ1n) is 4.96. The van der Waals surface area contributed by atoms with Crippen molar-refractivity contribution in [2.75, 3.05) is 24.0 Å². The van der Waals surface area contributed by atoms with Crippen LogP contribution in [0.5, 0.6) is 0 Å². The Bertz CT molecular complexity index is 327. The average molecular weight is 223 g/mol.